The van der Waals surface area contributed by atoms with Gasteiger partial charge in [-0.05, 0) is 75.9 Å². The van der Waals surface area contributed by atoms with E-state index in [1.165, 1.54) is 31.6 Å². The van der Waals surface area contributed by atoms with E-state index in [4.69, 9.17) is 9.47 Å². The van der Waals surface area contributed by atoms with Crippen molar-refractivity contribution >= 4 is 17.4 Å². The Balaban J connectivity index is 1.63. The highest BCUT2D eigenvalue weighted by atomic mass is 16.5. The van der Waals surface area contributed by atoms with Gasteiger partial charge in [-0.2, -0.15) is 0 Å². The summed E-state index contributed by atoms with van der Waals surface area (Å²) in [6.45, 7) is 7.50. The van der Waals surface area contributed by atoms with Gasteiger partial charge in [-0.25, -0.2) is 0 Å². The van der Waals surface area contributed by atoms with Gasteiger partial charge in [0.1, 0.15) is 11.5 Å². The standard InChI is InChI=1S/C25H30N2O4/c1-15(2)31-24-14-23(30-4)21(13-19(24)16(3)28)25(29)26-18-8-7-17-9-11-27-10-5-6-22(27)20(17)12-18/h7-8,12-15,22H,5-6,9-11H2,1-4H3,(H,26,29). The molecule has 1 unspecified atom stereocenters. The molecule has 1 atom stereocenters. The number of carbonyl (C=O) groups is 2. The van der Waals surface area contributed by atoms with E-state index >= 15 is 0 Å². The summed E-state index contributed by atoms with van der Waals surface area (Å²) in [6, 6.07) is 9.81. The maximum Gasteiger partial charge on any atom is 0.259 e. The van der Waals surface area contributed by atoms with Gasteiger partial charge < -0.3 is 14.8 Å². The Kier molecular flexibility index (Phi) is 6.01. The first-order valence-corrected chi connectivity index (χ1v) is 10.9. The van der Waals surface area contributed by atoms with Gasteiger partial charge >= 0.3 is 0 Å². The predicted molar refractivity (Wildman–Crippen MR) is 120 cm³/mol. The lowest BCUT2D eigenvalue weighted by molar-refractivity contribution is 0.101. The van der Waals surface area contributed by atoms with E-state index in [9.17, 15) is 9.59 Å². The van der Waals surface area contributed by atoms with Gasteiger partial charge in [0, 0.05) is 24.3 Å². The third kappa shape index (κ3) is 4.30. The van der Waals surface area contributed by atoms with E-state index in [2.05, 4.69) is 22.3 Å². The molecular formula is C25H30N2O4. The number of nitrogens with zero attached hydrogens (tertiary/aromatic N) is 1. The minimum atomic E-state index is -0.311. The van der Waals surface area contributed by atoms with Crippen molar-refractivity contribution in [1.29, 1.82) is 0 Å². The molecule has 1 N–H and O–H groups in total. The first-order valence-electron chi connectivity index (χ1n) is 10.9. The molecule has 1 saturated heterocycles. The second-order valence-corrected chi connectivity index (χ2v) is 8.58. The van der Waals surface area contributed by atoms with Crippen LogP contribution in [0.5, 0.6) is 11.5 Å². The molecular weight excluding hydrogens is 392 g/mol. The minimum absolute atomic E-state index is 0.104. The van der Waals surface area contributed by atoms with Crippen LogP contribution in [0.4, 0.5) is 5.69 Å². The van der Waals surface area contributed by atoms with Crippen LogP contribution in [-0.4, -0.2) is 42.9 Å². The van der Waals surface area contributed by atoms with Crippen LogP contribution in [0.3, 0.4) is 0 Å². The zero-order valence-electron chi connectivity index (χ0n) is 18.7. The molecule has 2 heterocycles. The molecule has 1 amide bonds. The number of carbonyl (C=O) groups excluding carboxylic acids is 2. The second-order valence-electron chi connectivity index (χ2n) is 8.58. The van der Waals surface area contributed by atoms with E-state index < -0.39 is 0 Å². The minimum Gasteiger partial charge on any atom is -0.496 e. The van der Waals surface area contributed by atoms with Crippen molar-refractivity contribution < 1.29 is 19.1 Å². The Bertz CT molecular complexity index is 1010. The summed E-state index contributed by atoms with van der Waals surface area (Å²) in [6.07, 6.45) is 3.33. The third-order valence-corrected chi connectivity index (χ3v) is 6.08. The summed E-state index contributed by atoms with van der Waals surface area (Å²) in [5, 5.41) is 3.00. The Labute approximate surface area is 183 Å². The second kappa shape index (κ2) is 8.71. The van der Waals surface area contributed by atoms with Crippen LogP contribution in [-0.2, 0) is 6.42 Å². The fraction of sp³-hybridized carbons (Fsp3) is 0.440. The lowest BCUT2D eigenvalue weighted by Gasteiger charge is -2.32. The van der Waals surface area contributed by atoms with Gasteiger partial charge in [-0.3, -0.25) is 14.5 Å². The number of fused-ring (bicyclic) bond motifs is 3. The topological polar surface area (TPSA) is 67.9 Å². The van der Waals surface area contributed by atoms with Crippen molar-refractivity contribution in [3.8, 4) is 11.5 Å². The van der Waals surface area contributed by atoms with Crippen LogP contribution in [0.2, 0.25) is 0 Å². The fourth-order valence-corrected chi connectivity index (χ4v) is 4.65. The number of nitrogens with one attached hydrogen (secondary N) is 1. The van der Waals surface area contributed by atoms with Crippen LogP contribution >= 0.6 is 0 Å². The van der Waals surface area contributed by atoms with E-state index in [-0.39, 0.29) is 17.8 Å². The Morgan fingerprint density at radius 2 is 1.90 bits per heavy atom. The Hall–Kier alpha value is -2.86. The molecule has 2 aliphatic heterocycles. The molecule has 6 heteroatoms. The van der Waals surface area contributed by atoms with Gasteiger partial charge in [0.05, 0.1) is 24.3 Å². The zero-order valence-corrected chi connectivity index (χ0v) is 18.7. The Morgan fingerprint density at radius 1 is 1.10 bits per heavy atom. The average molecular weight is 423 g/mol. The highest BCUT2D eigenvalue weighted by Gasteiger charge is 2.31. The fourth-order valence-electron chi connectivity index (χ4n) is 4.65. The molecule has 0 aliphatic carbocycles. The molecule has 0 radical (unpaired) electrons. The van der Waals surface area contributed by atoms with Gasteiger partial charge in [0.2, 0.25) is 0 Å². The summed E-state index contributed by atoms with van der Waals surface area (Å²) < 4.78 is 11.2. The molecule has 4 rings (SSSR count). The van der Waals surface area contributed by atoms with Crippen molar-refractivity contribution in [3.63, 3.8) is 0 Å². The molecule has 31 heavy (non-hydrogen) atoms. The van der Waals surface area contributed by atoms with Crippen LogP contribution in [0.1, 0.15) is 71.5 Å². The number of ketones is 1. The summed E-state index contributed by atoms with van der Waals surface area (Å²) >= 11 is 0. The summed E-state index contributed by atoms with van der Waals surface area (Å²) in [5.41, 5.74) is 4.12. The molecule has 0 saturated carbocycles. The van der Waals surface area contributed by atoms with Crippen LogP contribution < -0.4 is 14.8 Å². The van der Waals surface area contributed by atoms with Gasteiger partial charge in [0.25, 0.3) is 5.91 Å². The first-order chi connectivity index (χ1) is 14.9. The molecule has 0 bridgehead atoms. The molecule has 6 nitrogen and oxygen atoms in total. The molecule has 2 aliphatic rings. The number of benzene rings is 2. The monoisotopic (exact) mass is 422 g/mol. The largest absolute Gasteiger partial charge is 0.496 e. The molecule has 2 aromatic carbocycles. The normalized spacial score (nSPS) is 17.8. The number of anilines is 1. The smallest absolute Gasteiger partial charge is 0.259 e. The van der Waals surface area contributed by atoms with Crippen LogP contribution in [0, 0.1) is 0 Å². The van der Waals surface area contributed by atoms with E-state index in [0.717, 1.165) is 31.6 Å². The number of hydrogen-bond donors (Lipinski definition) is 1. The van der Waals surface area contributed by atoms with Gasteiger partial charge in [-0.15, -0.1) is 0 Å². The van der Waals surface area contributed by atoms with Crippen molar-refractivity contribution in [3.05, 3.63) is 52.6 Å². The number of rotatable bonds is 6. The lowest BCUT2D eigenvalue weighted by atomic mass is 9.92. The van der Waals surface area contributed by atoms with E-state index in [1.807, 2.05) is 19.9 Å². The van der Waals surface area contributed by atoms with Crippen molar-refractivity contribution in [2.24, 2.45) is 0 Å². The number of Topliss-reactive ketones (excluding diaryl/α,β-unsaturated/α-hetero) is 1. The highest BCUT2D eigenvalue weighted by molar-refractivity contribution is 6.09. The quantitative estimate of drug-likeness (QED) is 0.688. The van der Waals surface area contributed by atoms with Gasteiger partial charge in [-0.1, -0.05) is 6.07 Å². The maximum absolute atomic E-state index is 13.1. The van der Waals surface area contributed by atoms with Crippen molar-refractivity contribution in [2.75, 3.05) is 25.5 Å². The predicted octanol–water partition coefficient (Wildman–Crippen LogP) is 4.63. The maximum atomic E-state index is 13.1. The summed E-state index contributed by atoms with van der Waals surface area (Å²) in [4.78, 5) is 27.9. The molecule has 2 aromatic rings. The molecule has 164 valence electrons. The third-order valence-electron chi connectivity index (χ3n) is 6.08. The number of amides is 1. The van der Waals surface area contributed by atoms with E-state index in [1.54, 1.807) is 12.1 Å². The number of methoxy groups -OCH3 is 1. The van der Waals surface area contributed by atoms with Crippen molar-refractivity contribution in [2.45, 2.75) is 52.2 Å². The summed E-state index contributed by atoms with van der Waals surface area (Å²) in [5.74, 6) is 0.320. The number of ether oxygens (including phenoxy) is 2. The SMILES string of the molecule is COc1cc(OC(C)C)c(C(C)=O)cc1C(=O)Nc1ccc2c(c1)C1CCCN1CC2. The lowest BCUT2D eigenvalue weighted by Crippen LogP contribution is -2.31. The van der Waals surface area contributed by atoms with Crippen molar-refractivity contribution in [1.82, 2.24) is 4.90 Å². The molecule has 0 aromatic heterocycles. The van der Waals surface area contributed by atoms with E-state index in [0.29, 0.717) is 28.7 Å². The number of hydrogen-bond acceptors (Lipinski definition) is 5. The Morgan fingerprint density at radius 3 is 2.61 bits per heavy atom. The molecule has 0 spiro atoms. The highest BCUT2D eigenvalue weighted by Crippen LogP contribution is 2.39. The van der Waals surface area contributed by atoms with Gasteiger partial charge in [0.15, 0.2) is 5.78 Å². The first kappa shape index (κ1) is 21.4. The van der Waals surface area contributed by atoms with Crippen LogP contribution in [0.25, 0.3) is 0 Å². The zero-order chi connectivity index (χ0) is 22.1. The average Bonchev–Trinajstić information content (AvgIpc) is 3.22. The summed E-state index contributed by atoms with van der Waals surface area (Å²) in [7, 11) is 1.51. The van der Waals surface area contributed by atoms with Crippen LogP contribution in [0.15, 0.2) is 30.3 Å². The molecule has 1 fully saturated rings.